The molecule has 0 spiro atoms. The molecule has 0 N–H and O–H groups in total. The van der Waals surface area contributed by atoms with E-state index >= 15 is 0 Å². The van der Waals surface area contributed by atoms with E-state index in [9.17, 15) is 4.79 Å². The van der Waals surface area contributed by atoms with Gasteiger partial charge in [-0.3, -0.25) is 4.79 Å². The Morgan fingerprint density at radius 2 is 1.82 bits per heavy atom. The fourth-order valence-corrected chi connectivity index (χ4v) is 2.60. The average molecular weight is 380 g/mol. The van der Waals surface area contributed by atoms with Crippen LogP contribution < -0.4 is 0 Å². The first-order valence-electron chi connectivity index (χ1n) is 6.88. The van der Waals surface area contributed by atoms with Gasteiger partial charge in [0.25, 0.3) is 0 Å². The molecule has 114 valence electrons. The molecule has 0 aliphatic rings. The van der Waals surface area contributed by atoms with Crippen LogP contribution in [0.15, 0.2) is 59.3 Å². The van der Waals surface area contributed by atoms with Crippen LogP contribution in [0.25, 0.3) is 11.0 Å². The number of nitrogens with zero attached hydrogens (tertiary/aromatic N) is 2. The zero-order chi connectivity index (χ0) is 14.7. The van der Waals surface area contributed by atoms with Crippen molar-refractivity contribution in [2.24, 2.45) is 0 Å². The topological polar surface area (TPSA) is 34.9 Å². The summed E-state index contributed by atoms with van der Waals surface area (Å²) in [5.41, 5.74) is 3.12. The van der Waals surface area contributed by atoms with Crippen molar-refractivity contribution in [1.29, 1.82) is 0 Å². The highest BCUT2D eigenvalue weighted by molar-refractivity contribution is 9.10. The summed E-state index contributed by atoms with van der Waals surface area (Å²) in [6.45, 7) is 0.386. The standard InChI is InChI=1S/C17H15BrN2O.ClH/c18-14-8-5-13(6-9-14)7-10-15(21)11-20-12-19-16-3-1-2-4-17(16)20;/h1-6,8-9,12H,7,10-11H2;1H. The number of ketones is 1. The van der Waals surface area contributed by atoms with Gasteiger partial charge < -0.3 is 4.57 Å². The highest BCUT2D eigenvalue weighted by atomic mass is 79.9. The lowest BCUT2D eigenvalue weighted by Gasteiger charge is -2.04. The lowest BCUT2D eigenvalue weighted by molar-refractivity contribution is -0.119. The number of imidazole rings is 1. The predicted molar refractivity (Wildman–Crippen MR) is 94.5 cm³/mol. The maximum absolute atomic E-state index is 12.1. The van der Waals surface area contributed by atoms with Crippen molar-refractivity contribution in [1.82, 2.24) is 9.55 Å². The van der Waals surface area contributed by atoms with Crippen LogP contribution in [-0.2, 0) is 17.8 Å². The van der Waals surface area contributed by atoms with Crippen molar-refractivity contribution in [3.63, 3.8) is 0 Å². The van der Waals surface area contributed by atoms with Crippen LogP contribution in [0.1, 0.15) is 12.0 Å². The third kappa shape index (κ3) is 3.96. The lowest BCUT2D eigenvalue weighted by Crippen LogP contribution is -2.10. The number of aromatic nitrogens is 2. The van der Waals surface area contributed by atoms with Crippen LogP contribution in [0.4, 0.5) is 0 Å². The summed E-state index contributed by atoms with van der Waals surface area (Å²) in [5.74, 6) is 0.223. The minimum Gasteiger partial charge on any atom is -0.323 e. The Kier molecular flexibility index (Phi) is 5.75. The van der Waals surface area contributed by atoms with Crippen LogP contribution in [-0.4, -0.2) is 15.3 Å². The van der Waals surface area contributed by atoms with Crippen molar-refractivity contribution in [2.45, 2.75) is 19.4 Å². The van der Waals surface area contributed by atoms with Crippen LogP contribution in [0.2, 0.25) is 0 Å². The van der Waals surface area contributed by atoms with Gasteiger partial charge in [0.1, 0.15) is 0 Å². The molecule has 0 aliphatic heterocycles. The summed E-state index contributed by atoms with van der Waals surface area (Å²) in [7, 11) is 0. The van der Waals surface area contributed by atoms with Crippen LogP contribution in [0, 0.1) is 0 Å². The van der Waals surface area contributed by atoms with E-state index in [1.165, 1.54) is 5.56 Å². The molecule has 2 aromatic carbocycles. The average Bonchev–Trinajstić information content (AvgIpc) is 2.90. The summed E-state index contributed by atoms with van der Waals surface area (Å²) in [6.07, 6.45) is 3.06. The first-order valence-corrected chi connectivity index (χ1v) is 7.68. The Morgan fingerprint density at radius 3 is 2.59 bits per heavy atom. The SMILES string of the molecule is Cl.O=C(CCc1ccc(Br)cc1)Cn1cnc2ccccc21. The van der Waals surface area contributed by atoms with Gasteiger partial charge in [-0.25, -0.2) is 4.98 Å². The third-order valence-electron chi connectivity index (χ3n) is 3.48. The summed E-state index contributed by atoms with van der Waals surface area (Å²) in [5, 5.41) is 0. The second-order valence-electron chi connectivity index (χ2n) is 5.03. The molecule has 0 bridgehead atoms. The highest BCUT2D eigenvalue weighted by Gasteiger charge is 2.07. The quantitative estimate of drug-likeness (QED) is 0.657. The Bertz CT molecular complexity index is 768. The van der Waals surface area contributed by atoms with E-state index in [2.05, 4.69) is 20.9 Å². The molecule has 1 aromatic heterocycles. The van der Waals surface area contributed by atoms with Gasteiger partial charge in [0.15, 0.2) is 5.78 Å². The van der Waals surface area contributed by atoms with Crippen molar-refractivity contribution >= 4 is 45.2 Å². The van der Waals surface area contributed by atoms with E-state index in [0.717, 1.165) is 21.9 Å². The maximum Gasteiger partial charge on any atom is 0.152 e. The van der Waals surface area contributed by atoms with Gasteiger partial charge in [-0.2, -0.15) is 0 Å². The van der Waals surface area contributed by atoms with Crippen molar-refractivity contribution in [3.05, 3.63) is 64.9 Å². The number of hydrogen-bond donors (Lipinski definition) is 0. The Morgan fingerprint density at radius 1 is 1.09 bits per heavy atom. The highest BCUT2D eigenvalue weighted by Crippen LogP contribution is 2.14. The number of aryl methyl sites for hydroxylation is 1. The van der Waals surface area contributed by atoms with Gasteiger partial charge in [-0.05, 0) is 36.2 Å². The van der Waals surface area contributed by atoms with E-state index in [-0.39, 0.29) is 18.2 Å². The molecule has 1 heterocycles. The molecule has 3 nitrogen and oxygen atoms in total. The Hall–Kier alpha value is -1.65. The van der Waals surface area contributed by atoms with E-state index < -0.39 is 0 Å². The van der Waals surface area contributed by atoms with Gasteiger partial charge in [0, 0.05) is 10.9 Å². The van der Waals surface area contributed by atoms with Crippen molar-refractivity contribution in [2.75, 3.05) is 0 Å². The summed E-state index contributed by atoms with van der Waals surface area (Å²) < 4.78 is 2.97. The monoisotopic (exact) mass is 378 g/mol. The largest absolute Gasteiger partial charge is 0.323 e. The number of fused-ring (bicyclic) bond motifs is 1. The minimum absolute atomic E-state index is 0. The van der Waals surface area contributed by atoms with Crippen molar-refractivity contribution < 1.29 is 4.79 Å². The summed E-state index contributed by atoms with van der Waals surface area (Å²) >= 11 is 3.41. The normalized spacial score (nSPS) is 10.4. The van der Waals surface area contributed by atoms with Crippen LogP contribution >= 0.6 is 28.3 Å². The van der Waals surface area contributed by atoms with Crippen molar-refractivity contribution in [3.8, 4) is 0 Å². The number of carbonyl (C=O) groups is 1. The number of carbonyl (C=O) groups excluding carboxylic acids is 1. The van der Waals surface area contributed by atoms with Gasteiger partial charge in [-0.1, -0.05) is 40.2 Å². The molecule has 0 saturated heterocycles. The molecular weight excluding hydrogens is 364 g/mol. The smallest absolute Gasteiger partial charge is 0.152 e. The number of hydrogen-bond acceptors (Lipinski definition) is 2. The zero-order valence-corrected chi connectivity index (χ0v) is 14.3. The first-order chi connectivity index (χ1) is 10.2. The van der Waals surface area contributed by atoms with Gasteiger partial charge >= 0.3 is 0 Å². The molecule has 0 atom stereocenters. The van der Waals surface area contributed by atoms with Gasteiger partial charge in [0.05, 0.1) is 23.9 Å². The number of Topliss-reactive ketones (excluding diaryl/α,β-unsaturated/α-hetero) is 1. The Labute approximate surface area is 143 Å². The molecule has 0 amide bonds. The second-order valence-corrected chi connectivity index (χ2v) is 5.94. The molecule has 3 aromatic rings. The van der Waals surface area contributed by atoms with E-state index in [0.29, 0.717) is 13.0 Å². The van der Waals surface area contributed by atoms with E-state index in [4.69, 9.17) is 0 Å². The Balaban J connectivity index is 0.00000176. The van der Waals surface area contributed by atoms with E-state index in [1.807, 2.05) is 53.1 Å². The molecule has 0 radical (unpaired) electrons. The number of benzene rings is 2. The lowest BCUT2D eigenvalue weighted by atomic mass is 10.1. The number of rotatable bonds is 5. The third-order valence-corrected chi connectivity index (χ3v) is 4.01. The first kappa shape index (κ1) is 16.7. The fourth-order valence-electron chi connectivity index (χ4n) is 2.34. The molecule has 3 rings (SSSR count). The minimum atomic E-state index is 0. The summed E-state index contributed by atoms with van der Waals surface area (Å²) in [4.78, 5) is 16.4. The molecule has 0 saturated carbocycles. The molecule has 22 heavy (non-hydrogen) atoms. The molecular formula is C17H16BrClN2O. The van der Waals surface area contributed by atoms with Gasteiger partial charge in [-0.15, -0.1) is 12.4 Å². The molecule has 0 aliphatic carbocycles. The molecule has 5 heteroatoms. The summed E-state index contributed by atoms with van der Waals surface area (Å²) in [6, 6.07) is 16.0. The van der Waals surface area contributed by atoms with E-state index in [1.54, 1.807) is 6.33 Å². The molecule has 0 unspecified atom stereocenters. The fraction of sp³-hybridized carbons (Fsp3) is 0.176. The maximum atomic E-state index is 12.1. The van der Waals surface area contributed by atoms with Crippen LogP contribution in [0.5, 0.6) is 0 Å². The second kappa shape index (κ2) is 7.56. The number of halogens is 2. The van der Waals surface area contributed by atoms with Gasteiger partial charge in [0.2, 0.25) is 0 Å². The van der Waals surface area contributed by atoms with Crippen LogP contribution in [0.3, 0.4) is 0 Å². The predicted octanol–water partition coefficient (Wildman–Crippen LogP) is 4.42. The number of para-hydroxylation sites is 2. The molecule has 0 fully saturated rings. The zero-order valence-electron chi connectivity index (χ0n) is 11.9.